The number of methoxy groups -OCH3 is 2. The van der Waals surface area contributed by atoms with Crippen LogP contribution in [0.4, 0.5) is 5.82 Å². The van der Waals surface area contributed by atoms with Gasteiger partial charge in [-0.15, -0.1) is 0 Å². The molecule has 1 aromatic carbocycles. The normalized spacial score (nSPS) is 18.7. The summed E-state index contributed by atoms with van der Waals surface area (Å²) in [5.74, 6) is 0.952. The van der Waals surface area contributed by atoms with Gasteiger partial charge in [-0.05, 0) is 30.5 Å². The average Bonchev–Trinajstić information content (AvgIpc) is 3.09. The fourth-order valence-electron chi connectivity index (χ4n) is 3.61. The number of hydrogen-bond acceptors (Lipinski definition) is 6. The number of anilines is 1. The number of Topliss-reactive ketones (excluding diaryl/α,β-unsaturated/α-hetero) is 1. The first-order valence-electron chi connectivity index (χ1n) is 8.47. The van der Waals surface area contributed by atoms with Gasteiger partial charge in [-0.3, -0.25) is 4.79 Å². The predicted molar refractivity (Wildman–Crippen MR) is 94.2 cm³/mol. The molecule has 1 N–H and O–H groups in total. The third-order valence-corrected chi connectivity index (χ3v) is 4.88. The maximum atomic E-state index is 12.7. The van der Waals surface area contributed by atoms with Gasteiger partial charge < -0.3 is 14.8 Å². The number of allylic oxidation sites excluding steroid dienone is 2. The molecule has 0 radical (unpaired) electrons. The molecule has 1 atom stereocenters. The molecule has 26 heavy (non-hydrogen) atoms. The summed E-state index contributed by atoms with van der Waals surface area (Å²) in [6.07, 6.45) is 3.56. The number of nitrogens with zero attached hydrogens (tertiary/aromatic N) is 2. The van der Waals surface area contributed by atoms with E-state index in [1.807, 2.05) is 24.3 Å². The monoisotopic (exact) mass is 353 g/mol. The van der Waals surface area contributed by atoms with Crippen LogP contribution in [0.1, 0.15) is 41.2 Å². The molecule has 0 bridgehead atoms. The first kappa shape index (κ1) is 16.4. The number of ketones is 1. The third-order valence-electron chi connectivity index (χ3n) is 4.88. The molecule has 0 fully saturated rings. The Morgan fingerprint density at radius 1 is 1.23 bits per heavy atom. The maximum Gasteiger partial charge on any atom is 0.343 e. The molecule has 134 valence electrons. The van der Waals surface area contributed by atoms with Crippen molar-refractivity contribution >= 4 is 17.6 Å². The van der Waals surface area contributed by atoms with Gasteiger partial charge in [0.05, 0.1) is 20.4 Å². The van der Waals surface area contributed by atoms with Crippen LogP contribution in [0.5, 0.6) is 5.75 Å². The molecule has 0 saturated heterocycles. The minimum atomic E-state index is -0.460. The second-order valence-electron chi connectivity index (χ2n) is 6.31. The zero-order valence-electron chi connectivity index (χ0n) is 14.6. The molecule has 2 aromatic rings. The van der Waals surface area contributed by atoms with Crippen molar-refractivity contribution in [3.05, 3.63) is 52.9 Å². The Balaban J connectivity index is 1.88. The van der Waals surface area contributed by atoms with E-state index in [1.54, 1.807) is 11.8 Å². The first-order valence-corrected chi connectivity index (χ1v) is 8.47. The smallest absolute Gasteiger partial charge is 0.343 e. The minimum absolute atomic E-state index is 0.111. The number of hydrogen-bond donors (Lipinski definition) is 1. The number of fused-ring (bicyclic) bond motifs is 1. The molecular formula is C19H19N3O4. The number of ether oxygens (including phenoxy) is 2. The van der Waals surface area contributed by atoms with E-state index < -0.39 is 5.97 Å². The number of benzene rings is 1. The van der Waals surface area contributed by atoms with E-state index in [0.717, 1.165) is 29.9 Å². The molecule has 1 aromatic heterocycles. The Morgan fingerprint density at radius 3 is 2.69 bits per heavy atom. The van der Waals surface area contributed by atoms with Crippen LogP contribution in [0.3, 0.4) is 0 Å². The molecule has 2 aliphatic rings. The second kappa shape index (κ2) is 6.33. The van der Waals surface area contributed by atoms with Gasteiger partial charge in [-0.1, -0.05) is 12.1 Å². The highest BCUT2D eigenvalue weighted by molar-refractivity contribution is 6.01. The van der Waals surface area contributed by atoms with E-state index in [9.17, 15) is 9.59 Å². The Kier molecular flexibility index (Phi) is 3.99. The maximum absolute atomic E-state index is 12.7. The highest BCUT2D eigenvalue weighted by Crippen LogP contribution is 2.41. The van der Waals surface area contributed by atoms with Crippen LogP contribution in [0.15, 0.2) is 41.7 Å². The van der Waals surface area contributed by atoms with Crippen molar-refractivity contribution in [3.63, 3.8) is 0 Å². The van der Waals surface area contributed by atoms with Crippen molar-refractivity contribution in [2.75, 3.05) is 19.5 Å². The predicted octanol–water partition coefficient (Wildman–Crippen LogP) is 2.70. The van der Waals surface area contributed by atoms with Crippen molar-refractivity contribution in [1.82, 2.24) is 9.78 Å². The van der Waals surface area contributed by atoms with Gasteiger partial charge >= 0.3 is 5.97 Å². The van der Waals surface area contributed by atoms with E-state index in [2.05, 4.69) is 10.4 Å². The Labute approximate surface area is 150 Å². The molecule has 1 aliphatic heterocycles. The zero-order chi connectivity index (χ0) is 18.3. The van der Waals surface area contributed by atoms with Crippen LogP contribution < -0.4 is 10.1 Å². The lowest BCUT2D eigenvalue weighted by Crippen LogP contribution is -2.31. The summed E-state index contributed by atoms with van der Waals surface area (Å²) in [6.45, 7) is 0. The molecule has 0 spiro atoms. The highest BCUT2D eigenvalue weighted by Gasteiger charge is 2.37. The Hall–Kier alpha value is -3.09. The number of aromatic nitrogens is 2. The number of esters is 1. The second-order valence-corrected chi connectivity index (χ2v) is 6.31. The molecule has 7 heteroatoms. The van der Waals surface area contributed by atoms with Crippen molar-refractivity contribution in [2.45, 2.75) is 25.3 Å². The van der Waals surface area contributed by atoms with E-state index in [1.165, 1.54) is 13.3 Å². The van der Waals surface area contributed by atoms with Crippen molar-refractivity contribution in [3.8, 4) is 5.75 Å². The van der Waals surface area contributed by atoms with Gasteiger partial charge in [0.2, 0.25) is 0 Å². The van der Waals surface area contributed by atoms with Crippen molar-refractivity contribution in [1.29, 1.82) is 0 Å². The summed E-state index contributed by atoms with van der Waals surface area (Å²) in [5.41, 5.74) is 2.85. The first-order chi connectivity index (χ1) is 12.6. The van der Waals surface area contributed by atoms with Crippen LogP contribution in [-0.2, 0) is 9.53 Å². The van der Waals surface area contributed by atoms with Crippen molar-refractivity contribution in [2.24, 2.45) is 0 Å². The highest BCUT2D eigenvalue weighted by atomic mass is 16.5. The summed E-state index contributed by atoms with van der Waals surface area (Å²) in [6, 6.07) is 7.18. The summed E-state index contributed by atoms with van der Waals surface area (Å²) in [7, 11) is 2.95. The summed E-state index contributed by atoms with van der Waals surface area (Å²) < 4.78 is 11.8. The lowest BCUT2D eigenvalue weighted by atomic mass is 9.85. The quantitative estimate of drug-likeness (QED) is 0.855. The molecule has 0 amide bonds. The number of carbonyl (C=O) groups excluding carboxylic acids is 2. The SMILES string of the molecule is COC(=O)c1cnn2c1NC1=C(C(=O)CCC1)C2c1ccc(OC)cc1. The van der Waals surface area contributed by atoms with Crippen LogP contribution in [0, 0.1) is 0 Å². The van der Waals surface area contributed by atoms with Crippen LogP contribution in [0.2, 0.25) is 0 Å². The third kappa shape index (κ3) is 2.47. The van der Waals surface area contributed by atoms with Gasteiger partial charge in [0, 0.05) is 17.7 Å². The van der Waals surface area contributed by atoms with E-state index >= 15 is 0 Å². The van der Waals surface area contributed by atoms with E-state index in [4.69, 9.17) is 9.47 Å². The molecule has 0 saturated carbocycles. The van der Waals surface area contributed by atoms with Gasteiger partial charge in [-0.25, -0.2) is 9.48 Å². The lowest BCUT2D eigenvalue weighted by molar-refractivity contribution is -0.116. The molecule has 1 unspecified atom stereocenters. The fourth-order valence-corrected chi connectivity index (χ4v) is 3.61. The van der Waals surface area contributed by atoms with Crippen LogP contribution >= 0.6 is 0 Å². The summed E-state index contributed by atoms with van der Waals surface area (Å²) in [4.78, 5) is 24.8. The zero-order valence-corrected chi connectivity index (χ0v) is 14.6. The molecule has 2 heterocycles. The lowest BCUT2D eigenvalue weighted by Gasteiger charge is -2.33. The number of nitrogens with one attached hydrogen (secondary N) is 1. The van der Waals surface area contributed by atoms with Crippen molar-refractivity contribution < 1.29 is 19.1 Å². The van der Waals surface area contributed by atoms with Gasteiger partial charge in [0.25, 0.3) is 0 Å². The molecule has 7 nitrogen and oxygen atoms in total. The topological polar surface area (TPSA) is 82.5 Å². The minimum Gasteiger partial charge on any atom is -0.497 e. The van der Waals surface area contributed by atoms with Crippen LogP contribution in [-0.4, -0.2) is 35.8 Å². The fraction of sp³-hybridized carbons (Fsp3) is 0.316. The summed E-state index contributed by atoms with van der Waals surface area (Å²) >= 11 is 0. The molecule has 1 aliphatic carbocycles. The van der Waals surface area contributed by atoms with Gasteiger partial charge in [0.1, 0.15) is 23.2 Å². The van der Waals surface area contributed by atoms with Crippen LogP contribution in [0.25, 0.3) is 0 Å². The van der Waals surface area contributed by atoms with E-state index in [0.29, 0.717) is 23.4 Å². The molecular weight excluding hydrogens is 334 g/mol. The number of rotatable bonds is 3. The Bertz CT molecular complexity index is 911. The molecule has 4 rings (SSSR count). The standard InChI is InChI=1S/C19H19N3O4/c1-25-12-8-6-11(7-9-12)17-16-14(4-3-5-15(16)23)21-18-13(19(24)26-2)10-20-22(17)18/h6-10,17,21H,3-5H2,1-2H3. The average molecular weight is 353 g/mol. The largest absolute Gasteiger partial charge is 0.497 e. The number of carbonyl (C=O) groups is 2. The van der Waals surface area contributed by atoms with Gasteiger partial charge in [-0.2, -0.15) is 5.10 Å². The van der Waals surface area contributed by atoms with Gasteiger partial charge in [0.15, 0.2) is 5.78 Å². The Morgan fingerprint density at radius 2 is 2.00 bits per heavy atom. The van der Waals surface area contributed by atoms with E-state index in [-0.39, 0.29) is 11.8 Å². The summed E-state index contributed by atoms with van der Waals surface area (Å²) in [5, 5.41) is 7.64.